The number of piperidine rings is 1. The van der Waals surface area contributed by atoms with Gasteiger partial charge in [0.1, 0.15) is 34.6 Å². The molecular formula is C54H62F2N12O2S2. The third-order valence-electron chi connectivity index (χ3n) is 14.2. The molecule has 376 valence electrons. The fourth-order valence-corrected chi connectivity index (χ4v) is 11.7. The first-order valence-electron chi connectivity index (χ1n) is 24.9. The van der Waals surface area contributed by atoms with Gasteiger partial charge in [-0.05, 0) is 136 Å². The van der Waals surface area contributed by atoms with Crippen LogP contribution in [0.4, 0.5) is 36.4 Å². The van der Waals surface area contributed by atoms with E-state index < -0.39 is 0 Å². The van der Waals surface area contributed by atoms with Crippen LogP contribution in [0.25, 0.3) is 33.8 Å². The number of hydrogen-bond acceptors (Lipinski definition) is 13. The van der Waals surface area contributed by atoms with Crippen molar-refractivity contribution in [2.75, 3.05) is 87.7 Å². The summed E-state index contributed by atoms with van der Waals surface area (Å²) in [5.41, 5.74) is 12.5. The highest BCUT2D eigenvalue weighted by Crippen LogP contribution is 2.38. The van der Waals surface area contributed by atoms with Gasteiger partial charge in [-0.25, -0.2) is 28.7 Å². The number of halogens is 2. The topological polar surface area (TPSA) is 126 Å². The van der Waals surface area contributed by atoms with E-state index in [1.807, 2.05) is 17.8 Å². The number of piperazine rings is 1. The van der Waals surface area contributed by atoms with E-state index in [-0.39, 0.29) is 23.6 Å². The number of benzene rings is 2. The van der Waals surface area contributed by atoms with Gasteiger partial charge in [-0.3, -0.25) is 18.5 Å². The molecule has 8 aromatic rings. The Morgan fingerprint density at radius 1 is 0.722 bits per heavy atom. The van der Waals surface area contributed by atoms with Crippen molar-refractivity contribution >= 4 is 67.5 Å². The van der Waals surface area contributed by atoms with Crippen molar-refractivity contribution in [2.24, 2.45) is 0 Å². The number of rotatable bonds is 12. The predicted octanol–water partition coefficient (Wildman–Crippen LogP) is 9.26. The van der Waals surface area contributed by atoms with Crippen LogP contribution in [-0.2, 0) is 17.6 Å². The number of hydrogen-bond donors (Lipinski definition) is 2. The Bertz CT molecular complexity index is 3180. The quantitative estimate of drug-likeness (QED) is 0.122. The normalized spacial score (nSPS) is 15.8. The number of thiazole rings is 2. The molecule has 2 N–H and O–H groups in total. The third-order valence-corrected chi connectivity index (χ3v) is 16.1. The lowest BCUT2D eigenvalue weighted by Gasteiger charge is -2.40. The number of amides is 1. The first-order chi connectivity index (χ1) is 34.8. The van der Waals surface area contributed by atoms with Gasteiger partial charge >= 0.3 is 0 Å². The van der Waals surface area contributed by atoms with Crippen molar-refractivity contribution in [3.8, 4) is 22.5 Å². The maximum absolute atomic E-state index is 13.4. The van der Waals surface area contributed by atoms with E-state index >= 15 is 0 Å². The molecule has 3 fully saturated rings. The number of aryl methyl sites for hydroxylation is 4. The first kappa shape index (κ1) is 49.3. The molecule has 0 saturated carbocycles. The zero-order valence-electron chi connectivity index (χ0n) is 41.8. The fraction of sp³-hybridized carbons (Fsp3) is 0.389. The largest absolute Gasteiger partial charge is 0.389 e. The van der Waals surface area contributed by atoms with Gasteiger partial charge in [0.2, 0.25) is 5.91 Å². The Labute approximate surface area is 427 Å². The van der Waals surface area contributed by atoms with Gasteiger partial charge in [-0.1, -0.05) is 13.8 Å². The van der Waals surface area contributed by atoms with Crippen LogP contribution in [-0.4, -0.2) is 129 Å². The molecule has 3 saturated heterocycles. The lowest BCUT2D eigenvalue weighted by molar-refractivity contribution is -0.142. The van der Waals surface area contributed by atoms with Crippen LogP contribution < -0.4 is 20.0 Å². The van der Waals surface area contributed by atoms with Crippen LogP contribution in [0.1, 0.15) is 60.7 Å². The van der Waals surface area contributed by atoms with E-state index in [4.69, 9.17) is 19.9 Å². The number of aliphatic hydroxyl groups is 1. The van der Waals surface area contributed by atoms with Crippen molar-refractivity contribution < 1.29 is 18.7 Å². The van der Waals surface area contributed by atoms with Crippen LogP contribution >= 0.6 is 22.7 Å². The highest BCUT2D eigenvalue weighted by atomic mass is 32.1. The molecule has 0 unspecified atom stereocenters. The molecule has 3 aliphatic rings. The molecule has 0 bridgehead atoms. The van der Waals surface area contributed by atoms with Gasteiger partial charge in [0.05, 0.1) is 41.1 Å². The van der Waals surface area contributed by atoms with Gasteiger partial charge in [0.25, 0.3) is 0 Å². The van der Waals surface area contributed by atoms with Crippen molar-refractivity contribution in [1.29, 1.82) is 0 Å². The van der Waals surface area contributed by atoms with E-state index in [2.05, 4.69) is 93.0 Å². The number of imidazole rings is 2. The van der Waals surface area contributed by atoms with Crippen LogP contribution in [0.5, 0.6) is 0 Å². The minimum atomic E-state index is -0.369. The number of likely N-dealkylation sites (tertiary alicyclic amines) is 1. The van der Waals surface area contributed by atoms with Crippen LogP contribution in [0.2, 0.25) is 0 Å². The van der Waals surface area contributed by atoms with Crippen molar-refractivity contribution in [3.05, 3.63) is 124 Å². The number of carbonyl (C=O) groups excluding carboxylic acids is 1. The van der Waals surface area contributed by atoms with Gasteiger partial charge < -0.3 is 30.0 Å². The van der Waals surface area contributed by atoms with Gasteiger partial charge in [-0.15, -0.1) is 22.7 Å². The lowest BCUT2D eigenvalue weighted by atomic mass is 9.89. The summed E-state index contributed by atoms with van der Waals surface area (Å²) in [5.74, 6) is 2.23. The van der Waals surface area contributed by atoms with E-state index in [0.717, 1.165) is 125 Å². The minimum absolute atomic E-state index is 0.0966. The number of aliphatic hydroxyl groups excluding tert-OH is 1. The van der Waals surface area contributed by atoms with Crippen LogP contribution in [0, 0.1) is 25.5 Å². The summed E-state index contributed by atoms with van der Waals surface area (Å²) in [6, 6.07) is 17.3. The molecule has 9 heterocycles. The first-order valence-corrected chi connectivity index (χ1v) is 26.7. The molecule has 0 spiro atoms. The number of nitrogens with zero attached hydrogens (tertiary/aromatic N) is 11. The molecule has 0 atom stereocenters. The molecule has 0 aliphatic carbocycles. The molecule has 2 aromatic carbocycles. The van der Waals surface area contributed by atoms with Gasteiger partial charge in [0.15, 0.2) is 10.3 Å². The van der Waals surface area contributed by atoms with Gasteiger partial charge in [-0.2, -0.15) is 0 Å². The second kappa shape index (κ2) is 21.0. The summed E-state index contributed by atoms with van der Waals surface area (Å²) in [4.78, 5) is 42.6. The Balaban J connectivity index is 0.000000170. The SMILES string of the molecule is CCc1nc2cc(C)c(C3CCNCC3)cn2c1N(C)c1nc(-c2ccc(F)cc2)cs1.CCc1nc2cc(C)c(N3CCN(CC(=O)N4CC(O)C4)CC3)cn2c1N(C)c1nc(-c2ccc(F)cc2)cs1. The molecule has 1 amide bonds. The summed E-state index contributed by atoms with van der Waals surface area (Å²) in [6.07, 6.45) is 8.07. The monoisotopic (exact) mass is 1010 g/mol. The number of nitrogens with one attached hydrogen (secondary N) is 1. The Hall–Kier alpha value is -6.31. The lowest BCUT2D eigenvalue weighted by Crippen LogP contribution is -2.57. The highest BCUT2D eigenvalue weighted by molar-refractivity contribution is 7.14. The third kappa shape index (κ3) is 10.1. The van der Waals surface area contributed by atoms with E-state index in [1.54, 1.807) is 51.8 Å². The predicted molar refractivity (Wildman–Crippen MR) is 286 cm³/mol. The number of carbonyl (C=O) groups is 1. The average Bonchev–Trinajstić information content (AvgIpc) is 4.21. The van der Waals surface area contributed by atoms with Crippen molar-refractivity contribution in [2.45, 2.75) is 65.4 Å². The molecular weight excluding hydrogens is 951 g/mol. The molecule has 3 aliphatic heterocycles. The number of anilines is 5. The number of fused-ring (bicyclic) bond motifs is 2. The summed E-state index contributed by atoms with van der Waals surface area (Å²) < 4.78 is 31.1. The molecule has 14 nitrogen and oxygen atoms in total. The molecule has 0 radical (unpaired) electrons. The van der Waals surface area contributed by atoms with E-state index in [9.17, 15) is 18.7 Å². The Kier molecular flexibility index (Phi) is 14.4. The van der Waals surface area contributed by atoms with Crippen LogP contribution in [0.15, 0.2) is 83.8 Å². The maximum atomic E-state index is 13.4. The molecule has 11 rings (SSSR count). The maximum Gasteiger partial charge on any atom is 0.236 e. The molecule has 18 heteroatoms. The van der Waals surface area contributed by atoms with Crippen molar-refractivity contribution in [1.82, 2.24) is 43.9 Å². The summed E-state index contributed by atoms with van der Waals surface area (Å²) in [5, 5.41) is 18.7. The number of aromatic nitrogens is 6. The molecule has 6 aromatic heterocycles. The Morgan fingerprint density at radius 2 is 1.22 bits per heavy atom. The average molecular weight is 1010 g/mol. The zero-order chi connectivity index (χ0) is 50.2. The summed E-state index contributed by atoms with van der Waals surface area (Å²) >= 11 is 3.14. The Morgan fingerprint density at radius 3 is 1.72 bits per heavy atom. The zero-order valence-corrected chi connectivity index (χ0v) is 43.4. The van der Waals surface area contributed by atoms with Crippen LogP contribution in [0.3, 0.4) is 0 Å². The van der Waals surface area contributed by atoms with Gasteiger partial charge in [0, 0.05) is 87.6 Å². The van der Waals surface area contributed by atoms with E-state index in [1.165, 1.54) is 53.8 Å². The van der Waals surface area contributed by atoms with E-state index in [0.29, 0.717) is 25.6 Å². The van der Waals surface area contributed by atoms with Crippen molar-refractivity contribution in [3.63, 3.8) is 0 Å². The fourth-order valence-electron chi connectivity index (χ4n) is 10.1. The summed E-state index contributed by atoms with van der Waals surface area (Å²) in [7, 11) is 4.07. The smallest absolute Gasteiger partial charge is 0.236 e. The molecule has 72 heavy (non-hydrogen) atoms. The minimum Gasteiger partial charge on any atom is -0.389 e. The number of pyridine rings is 2. The number of β-amino-alcohol motifs (C(OH)–C–C–N with tert-alkyl or cyclic N) is 1. The standard InChI is InChI=1S/C29H34FN7O2S.C25H28FN5S/c1-4-23-28(33(3)29-32-24(18-40-29)20-5-7-21(30)8-6-20)37-16-25(19(2)13-26(37)31-23)35-11-9-34(10-12-35)17-27(39)36-14-22(38)15-36;1-4-21-24(30(3)25-29-22(15-32-25)18-5-7-19(26)8-6-18)31-14-20(16(2)13-23(31)28-21)17-9-11-27-12-10-17/h5-8,13,16,18,22,38H,4,9-12,14-15,17H2,1-3H3;5-8,13-15,17,27H,4,9-12H2,1-3H3. The second-order valence-corrected chi connectivity index (χ2v) is 20.8. The summed E-state index contributed by atoms with van der Waals surface area (Å²) in [6.45, 7) is 15.3. The highest BCUT2D eigenvalue weighted by Gasteiger charge is 2.31. The second-order valence-electron chi connectivity index (χ2n) is 19.1.